The van der Waals surface area contributed by atoms with E-state index in [-0.39, 0.29) is 4.90 Å². The van der Waals surface area contributed by atoms with E-state index in [1.807, 2.05) is 0 Å². The summed E-state index contributed by atoms with van der Waals surface area (Å²) in [5, 5.41) is 3.22. The van der Waals surface area contributed by atoms with Crippen LogP contribution in [0.5, 0.6) is 0 Å². The van der Waals surface area contributed by atoms with E-state index in [9.17, 15) is 8.42 Å². The number of anilines is 2. The second kappa shape index (κ2) is 6.43. The topological polar surface area (TPSA) is 93.5 Å². The summed E-state index contributed by atoms with van der Waals surface area (Å²) in [5.41, 5.74) is 7.06. The number of rotatable bonds is 5. The molecular formula is C13H21N3O3S. The second-order valence-corrected chi connectivity index (χ2v) is 6.81. The number of benzene rings is 1. The number of nitrogens with two attached hydrogens (primary N) is 1. The van der Waals surface area contributed by atoms with Crippen molar-refractivity contribution in [2.45, 2.75) is 17.7 Å². The molecular weight excluding hydrogens is 278 g/mol. The Bertz CT molecular complexity index is 554. The number of hydrogen-bond acceptors (Lipinski definition) is 5. The zero-order valence-corrected chi connectivity index (χ0v) is 12.4. The van der Waals surface area contributed by atoms with Gasteiger partial charge in [-0.15, -0.1) is 0 Å². The molecule has 1 fully saturated rings. The molecule has 1 aromatic rings. The largest absolute Gasteiger partial charge is 0.397 e. The van der Waals surface area contributed by atoms with Crippen molar-refractivity contribution in [3.8, 4) is 0 Å². The molecule has 2 rings (SSSR count). The van der Waals surface area contributed by atoms with Gasteiger partial charge >= 0.3 is 0 Å². The first kappa shape index (κ1) is 15.1. The maximum absolute atomic E-state index is 11.8. The van der Waals surface area contributed by atoms with Crippen molar-refractivity contribution in [2.75, 3.05) is 37.9 Å². The molecule has 112 valence electrons. The minimum absolute atomic E-state index is 0.205. The van der Waals surface area contributed by atoms with Crippen molar-refractivity contribution in [3.63, 3.8) is 0 Å². The van der Waals surface area contributed by atoms with E-state index in [2.05, 4.69) is 10.0 Å². The fourth-order valence-electron chi connectivity index (χ4n) is 2.20. The molecule has 1 aliphatic heterocycles. The lowest BCUT2D eigenvalue weighted by molar-refractivity contribution is 0.0595. The molecule has 1 unspecified atom stereocenters. The number of ether oxygens (including phenoxy) is 1. The lowest BCUT2D eigenvalue weighted by Crippen LogP contribution is -2.25. The molecule has 20 heavy (non-hydrogen) atoms. The number of nitrogen functional groups attached to an aromatic ring is 1. The van der Waals surface area contributed by atoms with Gasteiger partial charge in [0, 0.05) is 13.2 Å². The van der Waals surface area contributed by atoms with E-state index in [0.29, 0.717) is 17.3 Å². The van der Waals surface area contributed by atoms with Crippen molar-refractivity contribution in [1.82, 2.24) is 4.72 Å². The van der Waals surface area contributed by atoms with Crippen molar-refractivity contribution >= 4 is 21.4 Å². The Hall–Kier alpha value is -1.31. The van der Waals surface area contributed by atoms with Crippen LogP contribution in [0.4, 0.5) is 11.4 Å². The zero-order valence-electron chi connectivity index (χ0n) is 11.6. The maximum atomic E-state index is 11.8. The summed E-state index contributed by atoms with van der Waals surface area (Å²) >= 11 is 0. The van der Waals surface area contributed by atoms with E-state index >= 15 is 0 Å². The standard InChI is InChI=1S/C13H21N3O3S/c1-15-20(17,18)11-4-5-12(14)13(7-11)16-8-10-3-2-6-19-9-10/h4-5,7,10,15-16H,2-3,6,8-9,14H2,1H3. The van der Waals surface area contributed by atoms with Crippen molar-refractivity contribution in [2.24, 2.45) is 5.92 Å². The molecule has 4 N–H and O–H groups in total. The smallest absolute Gasteiger partial charge is 0.240 e. The first-order valence-corrected chi connectivity index (χ1v) is 8.16. The Morgan fingerprint density at radius 1 is 1.45 bits per heavy atom. The van der Waals surface area contributed by atoms with Crippen LogP contribution in [0.25, 0.3) is 0 Å². The van der Waals surface area contributed by atoms with Gasteiger partial charge in [-0.25, -0.2) is 13.1 Å². The summed E-state index contributed by atoms with van der Waals surface area (Å²) in [6.45, 7) is 2.29. The Morgan fingerprint density at radius 2 is 2.25 bits per heavy atom. The minimum Gasteiger partial charge on any atom is -0.397 e. The van der Waals surface area contributed by atoms with Gasteiger partial charge in [0.15, 0.2) is 0 Å². The molecule has 0 saturated carbocycles. The summed E-state index contributed by atoms with van der Waals surface area (Å²) in [6.07, 6.45) is 2.18. The van der Waals surface area contributed by atoms with E-state index in [1.165, 1.54) is 13.1 Å². The van der Waals surface area contributed by atoms with Crippen molar-refractivity contribution in [1.29, 1.82) is 0 Å². The van der Waals surface area contributed by atoms with Gasteiger partial charge in [0.2, 0.25) is 10.0 Å². The highest BCUT2D eigenvalue weighted by atomic mass is 32.2. The molecule has 0 spiro atoms. The Morgan fingerprint density at radius 3 is 2.90 bits per heavy atom. The van der Waals surface area contributed by atoms with E-state index in [0.717, 1.165) is 32.6 Å². The number of sulfonamides is 1. The predicted octanol–water partition coefficient (Wildman–Crippen LogP) is 1.02. The third-order valence-electron chi connectivity index (χ3n) is 3.44. The minimum atomic E-state index is -3.45. The van der Waals surface area contributed by atoms with Crippen LogP contribution in [-0.2, 0) is 14.8 Å². The fourth-order valence-corrected chi connectivity index (χ4v) is 2.95. The molecule has 0 amide bonds. The molecule has 7 heteroatoms. The highest BCUT2D eigenvalue weighted by Gasteiger charge is 2.16. The van der Waals surface area contributed by atoms with Crippen LogP contribution in [0.1, 0.15) is 12.8 Å². The predicted molar refractivity (Wildman–Crippen MR) is 79.1 cm³/mol. The average Bonchev–Trinajstić information content (AvgIpc) is 2.47. The first-order chi connectivity index (χ1) is 9.53. The highest BCUT2D eigenvalue weighted by molar-refractivity contribution is 7.89. The molecule has 1 aromatic carbocycles. The Balaban J connectivity index is 2.08. The Kier molecular flexibility index (Phi) is 4.85. The molecule has 1 saturated heterocycles. The van der Waals surface area contributed by atoms with Crippen LogP contribution < -0.4 is 15.8 Å². The van der Waals surface area contributed by atoms with Gasteiger partial charge in [-0.3, -0.25) is 0 Å². The number of nitrogens with one attached hydrogen (secondary N) is 2. The van der Waals surface area contributed by atoms with Crippen LogP contribution in [0.3, 0.4) is 0 Å². The zero-order chi connectivity index (χ0) is 14.6. The third kappa shape index (κ3) is 3.62. The molecule has 1 atom stereocenters. The van der Waals surface area contributed by atoms with Crippen LogP contribution in [0.15, 0.2) is 23.1 Å². The molecule has 0 aromatic heterocycles. The van der Waals surface area contributed by atoms with E-state index in [1.54, 1.807) is 12.1 Å². The van der Waals surface area contributed by atoms with Gasteiger partial charge in [-0.2, -0.15) is 0 Å². The second-order valence-electron chi connectivity index (χ2n) is 4.92. The average molecular weight is 299 g/mol. The molecule has 1 heterocycles. The molecule has 0 aliphatic carbocycles. The summed E-state index contributed by atoms with van der Waals surface area (Å²) in [7, 11) is -2.06. The van der Waals surface area contributed by atoms with Gasteiger partial charge in [0.1, 0.15) is 0 Å². The number of hydrogen-bond donors (Lipinski definition) is 3. The lowest BCUT2D eigenvalue weighted by atomic mass is 10.0. The van der Waals surface area contributed by atoms with Gasteiger partial charge in [0.05, 0.1) is 22.9 Å². The van der Waals surface area contributed by atoms with Crippen molar-refractivity contribution < 1.29 is 13.2 Å². The van der Waals surface area contributed by atoms with Crippen molar-refractivity contribution in [3.05, 3.63) is 18.2 Å². The van der Waals surface area contributed by atoms with Gasteiger partial charge in [-0.05, 0) is 44.0 Å². The summed E-state index contributed by atoms with van der Waals surface area (Å²) in [6, 6.07) is 4.66. The van der Waals surface area contributed by atoms with Crippen LogP contribution >= 0.6 is 0 Å². The molecule has 0 bridgehead atoms. The molecule has 6 nitrogen and oxygen atoms in total. The van der Waals surface area contributed by atoms with E-state index < -0.39 is 10.0 Å². The lowest BCUT2D eigenvalue weighted by Gasteiger charge is -2.23. The quantitative estimate of drug-likeness (QED) is 0.706. The Labute approximate surface area is 119 Å². The van der Waals surface area contributed by atoms with Gasteiger partial charge in [0.25, 0.3) is 0 Å². The van der Waals surface area contributed by atoms with E-state index in [4.69, 9.17) is 10.5 Å². The summed E-state index contributed by atoms with van der Waals surface area (Å²) in [5.74, 6) is 0.438. The maximum Gasteiger partial charge on any atom is 0.240 e. The summed E-state index contributed by atoms with van der Waals surface area (Å²) < 4.78 is 31.3. The van der Waals surface area contributed by atoms with Crippen LogP contribution in [0, 0.1) is 5.92 Å². The van der Waals surface area contributed by atoms with Crippen LogP contribution in [0.2, 0.25) is 0 Å². The van der Waals surface area contributed by atoms with Gasteiger partial charge < -0.3 is 15.8 Å². The van der Waals surface area contributed by atoms with Gasteiger partial charge in [-0.1, -0.05) is 0 Å². The SMILES string of the molecule is CNS(=O)(=O)c1ccc(N)c(NCC2CCCOC2)c1. The fraction of sp³-hybridized carbons (Fsp3) is 0.538. The molecule has 1 aliphatic rings. The van der Waals surface area contributed by atoms with Crippen LogP contribution in [-0.4, -0.2) is 35.2 Å². The summed E-state index contributed by atoms with van der Waals surface area (Å²) in [4.78, 5) is 0.205. The first-order valence-electron chi connectivity index (χ1n) is 6.67. The monoisotopic (exact) mass is 299 g/mol. The third-order valence-corrected chi connectivity index (χ3v) is 4.85. The normalized spacial score (nSPS) is 19.8. The molecule has 0 radical (unpaired) electrons. The highest BCUT2D eigenvalue weighted by Crippen LogP contribution is 2.24.